The summed E-state index contributed by atoms with van der Waals surface area (Å²) in [6, 6.07) is 13.6. The van der Waals surface area contributed by atoms with Crippen LogP contribution in [0, 0.1) is 0 Å². The van der Waals surface area contributed by atoms with Crippen molar-refractivity contribution in [3.8, 4) is 5.75 Å². The third-order valence-corrected chi connectivity index (χ3v) is 5.82. The van der Waals surface area contributed by atoms with Gasteiger partial charge < -0.3 is 14.0 Å². The van der Waals surface area contributed by atoms with Crippen LogP contribution in [0.3, 0.4) is 0 Å². The van der Waals surface area contributed by atoms with E-state index in [2.05, 4.69) is 24.9 Å². The van der Waals surface area contributed by atoms with Crippen LogP contribution in [0.1, 0.15) is 44.7 Å². The predicted molar refractivity (Wildman–Crippen MR) is 122 cm³/mol. The highest BCUT2D eigenvalue weighted by atomic mass is 32.1. The number of esters is 1. The molecule has 0 atom stereocenters. The van der Waals surface area contributed by atoms with Crippen molar-refractivity contribution in [3.63, 3.8) is 0 Å². The van der Waals surface area contributed by atoms with Crippen molar-refractivity contribution >= 4 is 33.4 Å². The van der Waals surface area contributed by atoms with Crippen molar-refractivity contribution < 1.29 is 19.1 Å². The second-order valence-corrected chi connectivity index (χ2v) is 8.43. The molecule has 0 aliphatic heterocycles. The standard InChI is InChI=1S/C24H28N2O4S/c1-5-29-19-10-7-17(8-11-19)13-22(27)25-24-26(15-23(28)30-6-2)20-12-9-18(16(3)4)14-21(20)31-24/h7-12,14,16H,5-6,13,15H2,1-4H3. The molecule has 0 saturated heterocycles. The molecular formula is C24H28N2O4S. The van der Waals surface area contributed by atoms with Gasteiger partial charge in [-0.3, -0.25) is 9.59 Å². The number of rotatable bonds is 8. The van der Waals surface area contributed by atoms with Crippen molar-refractivity contribution in [3.05, 3.63) is 58.4 Å². The molecular weight excluding hydrogens is 412 g/mol. The normalized spacial score (nSPS) is 11.8. The Morgan fingerprint density at radius 1 is 1.06 bits per heavy atom. The zero-order valence-electron chi connectivity index (χ0n) is 18.4. The third-order valence-electron chi connectivity index (χ3n) is 4.78. The first-order valence-corrected chi connectivity index (χ1v) is 11.3. The Kier molecular flexibility index (Phi) is 7.63. The van der Waals surface area contributed by atoms with E-state index < -0.39 is 0 Å². The lowest BCUT2D eigenvalue weighted by atomic mass is 10.0. The SMILES string of the molecule is CCOC(=O)Cn1c(=NC(=O)Cc2ccc(OCC)cc2)sc2cc(C(C)C)ccc21. The molecule has 0 unspecified atom stereocenters. The minimum Gasteiger partial charge on any atom is -0.494 e. The van der Waals surface area contributed by atoms with Crippen molar-refractivity contribution in [2.24, 2.45) is 4.99 Å². The molecule has 0 radical (unpaired) electrons. The molecule has 2 aromatic carbocycles. The molecule has 1 amide bonds. The van der Waals surface area contributed by atoms with Gasteiger partial charge in [0.1, 0.15) is 12.3 Å². The summed E-state index contributed by atoms with van der Waals surface area (Å²) in [7, 11) is 0. The Bertz CT molecular complexity index is 1130. The number of hydrogen-bond acceptors (Lipinski definition) is 5. The number of carbonyl (C=O) groups excluding carboxylic acids is 2. The fraction of sp³-hybridized carbons (Fsp3) is 0.375. The molecule has 0 saturated carbocycles. The van der Waals surface area contributed by atoms with E-state index in [1.165, 1.54) is 16.9 Å². The summed E-state index contributed by atoms with van der Waals surface area (Å²) in [5, 5.41) is 0. The number of ether oxygens (including phenoxy) is 2. The van der Waals surface area contributed by atoms with Crippen molar-refractivity contribution in [1.29, 1.82) is 0 Å². The van der Waals surface area contributed by atoms with E-state index >= 15 is 0 Å². The fourth-order valence-corrected chi connectivity index (χ4v) is 4.31. The van der Waals surface area contributed by atoms with Gasteiger partial charge in [0.25, 0.3) is 5.91 Å². The van der Waals surface area contributed by atoms with Crippen LogP contribution in [0.2, 0.25) is 0 Å². The van der Waals surface area contributed by atoms with Crippen LogP contribution in [0.15, 0.2) is 47.5 Å². The van der Waals surface area contributed by atoms with Crippen LogP contribution < -0.4 is 9.54 Å². The number of aromatic nitrogens is 1. The Morgan fingerprint density at radius 3 is 2.45 bits per heavy atom. The average molecular weight is 441 g/mol. The van der Waals surface area contributed by atoms with Crippen molar-refractivity contribution in [2.45, 2.75) is 46.6 Å². The summed E-state index contributed by atoms with van der Waals surface area (Å²) in [4.78, 5) is 29.7. The zero-order valence-corrected chi connectivity index (χ0v) is 19.2. The molecule has 3 rings (SSSR count). The number of nitrogens with zero attached hydrogens (tertiary/aromatic N) is 2. The maximum absolute atomic E-state index is 12.7. The van der Waals surface area contributed by atoms with Gasteiger partial charge in [0, 0.05) is 0 Å². The van der Waals surface area contributed by atoms with E-state index in [-0.39, 0.29) is 24.8 Å². The van der Waals surface area contributed by atoms with Crippen LogP contribution in [0.25, 0.3) is 10.2 Å². The van der Waals surface area contributed by atoms with Gasteiger partial charge in [-0.15, -0.1) is 0 Å². The molecule has 0 spiro atoms. The van der Waals surface area contributed by atoms with Gasteiger partial charge in [0.2, 0.25) is 0 Å². The van der Waals surface area contributed by atoms with Crippen LogP contribution >= 0.6 is 11.3 Å². The predicted octanol–water partition coefficient (Wildman–Crippen LogP) is 4.46. The van der Waals surface area contributed by atoms with Crippen LogP contribution in [-0.4, -0.2) is 29.7 Å². The Labute approximate surface area is 186 Å². The molecule has 6 nitrogen and oxygen atoms in total. The highest BCUT2D eigenvalue weighted by Gasteiger charge is 2.14. The average Bonchev–Trinajstić information content (AvgIpc) is 3.05. The van der Waals surface area contributed by atoms with E-state index in [4.69, 9.17) is 9.47 Å². The number of benzene rings is 2. The lowest BCUT2D eigenvalue weighted by molar-refractivity contribution is -0.143. The number of carbonyl (C=O) groups is 2. The van der Waals surface area contributed by atoms with E-state index in [1.807, 2.05) is 43.3 Å². The summed E-state index contributed by atoms with van der Waals surface area (Å²) in [5.74, 6) is 0.535. The Balaban J connectivity index is 1.94. The quantitative estimate of drug-likeness (QED) is 0.485. The summed E-state index contributed by atoms with van der Waals surface area (Å²) in [6.45, 7) is 8.89. The summed E-state index contributed by atoms with van der Waals surface area (Å²) in [6.07, 6.45) is 0.178. The second kappa shape index (κ2) is 10.4. The topological polar surface area (TPSA) is 69.9 Å². The first kappa shape index (κ1) is 22.7. The first-order valence-electron chi connectivity index (χ1n) is 10.5. The summed E-state index contributed by atoms with van der Waals surface area (Å²) >= 11 is 1.41. The molecule has 0 N–H and O–H groups in total. The van der Waals surface area contributed by atoms with E-state index in [0.29, 0.717) is 23.9 Å². The molecule has 7 heteroatoms. The van der Waals surface area contributed by atoms with E-state index in [1.54, 1.807) is 11.5 Å². The smallest absolute Gasteiger partial charge is 0.326 e. The molecule has 1 heterocycles. The number of fused-ring (bicyclic) bond motifs is 1. The van der Waals surface area contributed by atoms with Gasteiger partial charge in [-0.1, -0.05) is 43.4 Å². The summed E-state index contributed by atoms with van der Waals surface area (Å²) < 4.78 is 13.3. The van der Waals surface area contributed by atoms with E-state index in [9.17, 15) is 9.59 Å². The zero-order chi connectivity index (χ0) is 22.4. The largest absolute Gasteiger partial charge is 0.494 e. The maximum Gasteiger partial charge on any atom is 0.326 e. The molecule has 164 valence electrons. The third kappa shape index (κ3) is 5.82. The van der Waals surface area contributed by atoms with Crippen molar-refractivity contribution in [2.75, 3.05) is 13.2 Å². The van der Waals surface area contributed by atoms with Gasteiger partial charge >= 0.3 is 5.97 Å². The van der Waals surface area contributed by atoms with Crippen LogP contribution in [-0.2, 0) is 27.3 Å². The minimum atomic E-state index is -0.351. The highest BCUT2D eigenvalue weighted by molar-refractivity contribution is 7.16. The van der Waals surface area contributed by atoms with Crippen LogP contribution in [0.5, 0.6) is 5.75 Å². The lowest BCUT2D eigenvalue weighted by Gasteiger charge is -2.07. The second-order valence-electron chi connectivity index (χ2n) is 7.42. The number of thiazole rings is 1. The number of hydrogen-bond donors (Lipinski definition) is 0. The van der Waals surface area contributed by atoms with Gasteiger partial charge in [0.15, 0.2) is 4.80 Å². The molecule has 0 aliphatic rings. The first-order chi connectivity index (χ1) is 14.9. The number of amides is 1. The molecule has 0 fully saturated rings. The molecule has 31 heavy (non-hydrogen) atoms. The summed E-state index contributed by atoms with van der Waals surface area (Å²) in [5.41, 5.74) is 2.93. The van der Waals surface area contributed by atoms with E-state index in [0.717, 1.165) is 21.5 Å². The molecule has 0 bridgehead atoms. The Morgan fingerprint density at radius 2 is 1.81 bits per heavy atom. The monoisotopic (exact) mass is 440 g/mol. The molecule has 1 aromatic heterocycles. The maximum atomic E-state index is 12.7. The van der Waals surface area contributed by atoms with Gasteiger partial charge in [-0.25, -0.2) is 0 Å². The highest BCUT2D eigenvalue weighted by Crippen LogP contribution is 2.23. The Hall–Kier alpha value is -2.93. The van der Waals surface area contributed by atoms with Crippen LogP contribution in [0.4, 0.5) is 0 Å². The molecule has 0 aliphatic carbocycles. The van der Waals surface area contributed by atoms with Gasteiger partial charge in [0.05, 0.1) is 29.9 Å². The minimum absolute atomic E-state index is 0.0179. The van der Waals surface area contributed by atoms with Crippen molar-refractivity contribution in [1.82, 2.24) is 4.57 Å². The fourth-order valence-electron chi connectivity index (χ4n) is 3.21. The van der Waals surface area contributed by atoms with Gasteiger partial charge in [-0.05, 0) is 55.2 Å². The lowest BCUT2D eigenvalue weighted by Crippen LogP contribution is -2.23. The van der Waals surface area contributed by atoms with Gasteiger partial charge in [-0.2, -0.15) is 4.99 Å². The molecule has 3 aromatic rings.